The molecule has 2 nitrogen and oxygen atoms in total. The third-order valence-corrected chi connectivity index (χ3v) is 3.49. The topological polar surface area (TPSA) is 34.1 Å². The van der Waals surface area contributed by atoms with Gasteiger partial charge in [-0.3, -0.25) is 9.59 Å². The van der Waals surface area contributed by atoms with Crippen LogP contribution in [0.5, 0.6) is 0 Å². The monoisotopic (exact) mass is 240 g/mol. The van der Waals surface area contributed by atoms with Crippen molar-refractivity contribution in [3.05, 3.63) is 28.0 Å². The van der Waals surface area contributed by atoms with Crippen LogP contribution in [0.2, 0.25) is 0 Å². The molecule has 1 aromatic heterocycles. The highest BCUT2D eigenvalue weighted by molar-refractivity contribution is 8.13. The summed E-state index contributed by atoms with van der Waals surface area (Å²) in [6.07, 6.45) is 3.80. The van der Waals surface area contributed by atoms with E-state index in [1.165, 1.54) is 23.1 Å². The van der Waals surface area contributed by atoms with Gasteiger partial charge in [-0.05, 0) is 23.9 Å². The van der Waals surface area contributed by atoms with Crippen LogP contribution in [0.4, 0.5) is 0 Å². The first-order chi connectivity index (χ1) is 7.11. The molecule has 0 aliphatic rings. The van der Waals surface area contributed by atoms with Crippen molar-refractivity contribution in [1.29, 1.82) is 0 Å². The van der Waals surface area contributed by atoms with Gasteiger partial charge in [-0.1, -0.05) is 23.9 Å². The van der Waals surface area contributed by atoms with Gasteiger partial charge in [0.25, 0.3) is 0 Å². The lowest BCUT2D eigenvalue weighted by atomic mass is 10.2. The highest BCUT2D eigenvalue weighted by Gasteiger charge is 2.05. The summed E-state index contributed by atoms with van der Waals surface area (Å²) < 4.78 is 0. The molecule has 0 unspecified atom stereocenters. The highest BCUT2D eigenvalue weighted by atomic mass is 32.2. The summed E-state index contributed by atoms with van der Waals surface area (Å²) in [6.45, 7) is 3.11. The van der Waals surface area contributed by atoms with Crippen molar-refractivity contribution in [3.8, 4) is 0 Å². The Labute approximate surface area is 97.4 Å². The number of ketones is 1. The van der Waals surface area contributed by atoms with E-state index < -0.39 is 0 Å². The maximum atomic E-state index is 11.2. The molecule has 0 aliphatic carbocycles. The maximum Gasteiger partial charge on any atom is 0.186 e. The van der Waals surface area contributed by atoms with Crippen LogP contribution in [0.3, 0.4) is 0 Å². The van der Waals surface area contributed by atoms with E-state index in [1.807, 2.05) is 23.6 Å². The normalized spacial score (nSPS) is 10.8. The Morgan fingerprint density at radius 3 is 2.80 bits per heavy atom. The number of hydrogen-bond acceptors (Lipinski definition) is 4. The number of carbonyl (C=O) groups is 2. The van der Waals surface area contributed by atoms with E-state index in [-0.39, 0.29) is 10.9 Å². The van der Waals surface area contributed by atoms with Crippen molar-refractivity contribution in [3.63, 3.8) is 0 Å². The lowest BCUT2D eigenvalue weighted by Crippen LogP contribution is -1.89. The lowest BCUT2D eigenvalue weighted by molar-refractivity contribution is -0.109. The average molecular weight is 240 g/mol. The SMILES string of the molecule is CC(=O)SCC=Cc1ccsc1C(C)=O. The number of Topliss-reactive ketones (excluding diaryl/α,β-unsaturated/α-hetero) is 1. The Bertz CT molecular complexity index is 391. The fourth-order valence-corrected chi connectivity index (χ4v) is 2.29. The van der Waals surface area contributed by atoms with Crippen molar-refractivity contribution < 1.29 is 9.59 Å². The second kappa shape index (κ2) is 5.88. The summed E-state index contributed by atoms with van der Waals surface area (Å²) in [5.74, 6) is 0.742. The van der Waals surface area contributed by atoms with E-state index in [9.17, 15) is 9.59 Å². The van der Waals surface area contributed by atoms with Gasteiger partial charge in [0, 0.05) is 12.7 Å². The van der Waals surface area contributed by atoms with Crippen molar-refractivity contribution in [2.75, 3.05) is 5.75 Å². The van der Waals surface area contributed by atoms with Gasteiger partial charge in [-0.25, -0.2) is 0 Å². The number of thiophene rings is 1. The molecule has 1 heterocycles. The molecule has 15 heavy (non-hydrogen) atoms. The van der Waals surface area contributed by atoms with E-state index in [2.05, 4.69) is 0 Å². The molecule has 0 saturated carbocycles. The van der Waals surface area contributed by atoms with E-state index in [0.717, 1.165) is 10.4 Å². The molecule has 0 bridgehead atoms. The van der Waals surface area contributed by atoms with Crippen LogP contribution in [0.25, 0.3) is 6.08 Å². The fourth-order valence-electron chi connectivity index (χ4n) is 1.08. The van der Waals surface area contributed by atoms with Gasteiger partial charge in [0.05, 0.1) is 4.88 Å². The van der Waals surface area contributed by atoms with Crippen LogP contribution in [0.15, 0.2) is 17.5 Å². The summed E-state index contributed by atoms with van der Waals surface area (Å²) in [5, 5.41) is 2.01. The Balaban J connectivity index is 2.60. The second-order valence-corrected chi connectivity index (χ2v) is 5.08. The molecule has 0 fully saturated rings. The van der Waals surface area contributed by atoms with Gasteiger partial charge in [0.2, 0.25) is 0 Å². The van der Waals surface area contributed by atoms with E-state index in [1.54, 1.807) is 13.8 Å². The van der Waals surface area contributed by atoms with E-state index in [0.29, 0.717) is 5.75 Å². The van der Waals surface area contributed by atoms with Crippen molar-refractivity contribution in [2.45, 2.75) is 13.8 Å². The largest absolute Gasteiger partial charge is 0.294 e. The number of hydrogen-bond donors (Lipinski definition) is 0. The molecule has 0 atom stereocenters. The first-order valence-electron chi connectivity index (χ1n) is 4.49. The van der Waals surface area contributed by atoms with Gasteiger partial charge in [0.15, 0.2) is 10.9 Å². The quantitative estimate of drug-likeness (QED) is 0.758. The molecule has 0 saturated heterocycles. The zero-order valence-corrected chi connectivity index (χ0v) is 10.3. The molecular weight excluding hydrogens is 228 g/mol. The van der Waals surface area contributed by atoms with Crippen molar-refractivity contribution in [2.24, 2.45) is 0 Å². The van der Waals surface area contributed by atoms with Crippen LogP contribution in [-0.2, 0) is 4.79 Å². The van der Waals surface area contributed by atoms with Crippen LogP contribution >= 0.6 is 23.1 Å². The molecule has 4 heteroatoms. The Morgan fingerprint density at radius 2 is 2.20 bits per heavy atom. The summed E-state index contributed by atoms with van der Waals surface area (Å²) in [6, 6.07) is 1.91. The Kier molecular flexibility index (Phi) is 4.78. The zero-order valence-electron chi connectivity index (χ0n) is 8.65. The summed E-state index contributed by atoms with van der Waals surface area (Å²) >= 11 is 2.71. The smallest absolute Gasteiger partial charge is 0.186 e. The fraction of sp³-hybridized carbons (Fsp3) is 0.273. The van der Waals surface area contributed by atoms with Gasteiger partial charge >= 0.3 is 0 Å². The lowest BCUT2D eigenvalue weighted by Gasteiger charge is -1.92. The maximum absolute atomic E-state index is 11.2. The molecule has 0 N–H and O–H groups in total. The molecule has 0 amide bonds. The van der Waals surface area contributed by atoms with Gasteiger partial charge in [-0.2, -0.15) is 0 Å². The third-order valence-electron chi connectivity index (χ3n) is 1.70. The molecule has 0 aliphatic heterocycles. The predicted octanol–water partition coefficient (Wildman–Crippen LogP) is 3.24. The number of rotatable bonds is 4. The molecule has 1 aromatic rings. The zero-order chi connectivity index (χ0) is 11.3. The number of carbonyl (C=O) groups excluding carboxylic acids is 2. The average Bonchev–Trinajstić information content (AvgIpc) is 2.60. The molecule has 1 rings (SSSR count). The highest BCUT2D eigenvalue weighted by Crippen LogP contribution is 2.19. The van der Waals surface area contributed by atoms with Gasteiger partial charge in [0.1, 0.15) is 0 Å². The minimum Gasteiger partial charge on any atom is -0.294 e. The minimum atomic E-state index is 0.0869. The summed E-state index contributed by atoms with van der Waals surface area (Å²) in [5.41, 5.74) is 0.941. The molecule has 0 radical (unpaired) electrons. The predicted molar refractivity (Wildman–Crippen MR) is 66.5 cm³/mol. The molecule has 0 aromatic carbocycles. The molecule has 0 spiro atoms. The first-order valence-corrected chi connectivity index (χ1v) is 6.36. The second-order valence-electron chi connectivity index (χ2n) is 2.97. The summed E-state index contributed by atoms with van der Waals surface area (Å²) in [4.78, 5) is 22.6. The van der Waals surface area contributed by atoms with Crippen LogP contribution in [0.1, 0.15) is 29.1 Å². The Morgan fingerprint density at radius 1 is 1.47 bits per heavy atom. The van der Waals surface area contributed by atoms with Gasteiger partial charge in [-0.15, -0.1) is 11.3 Å². The van der Waals surface area contributed by atoms with Crippen LogP contribution in [0, 0.1) is 0 Å². The standard InChI is InChI=1S/C11H12O2S2/c1-8(12)11-10(5-7-15-11)4-3-6-14-9(2)13/h3-5,7H,6H2,1-2H3. The van der Waals surface area contributed by atoms with E-state index in [4.69, 9.17) is 0 Å². The Hall–Kier alpha value is -0.870. The third kappa shape index (κ3) is 4.01. The summed E-state index contributed by atoms with van der Waals surface area (Å²) in [7, 11) is 0. The molecule has 80 valence electrons. The molecular formula is C11H12O2S2. The van der Waals surface area contributed by atoms with Crippen LogP contribution < -0.4 is 0 Å². The van der Waals surface area contributed by atoms with Crippen molar-refractivity contribution >= 4 is 40.1 Å². The van der Waals surface area contributed by atoms with Gasteiger partial charge < -0.3 is 0 Å². The van der Waals surface area contributed by atoms with Crippen molar-refractivity contribution in [1.82, 2.24) is 0 Å². The van der Waals surface area contributed by atoms with E-state index >= 15 is 0 Å². The first kappa shape index (κ1) is 12.2. The van der Waals surface area contributed by atoms with Crippen LogP contribution in [-0.4, -0.2) is 16.7 Å². The minimum absolute atomic E-state index is 0.0869. The number of thioether (sulfide) groups is 1.